The van der Waals surface area contributed by atoms with Gasteiger partial charge in [-0.3, -0.25) is 0 Å². The number of nitrogens with one attached hydrogen (secondary N) is 1. The van der Waals surface area contributed by atoms with Crippen molar-refractivity contribution in [3.63, 3.8) is 0 Å². The van der Waals surface area contributed by atoms with E-state index >= 15 is 0 Å². The molecule has 10 aromatic rings. The van der Waals surface area contributed by atoms with Gasteiger partial charge in [0.05, 0.1) is 5.52 Å². The second-order valence-corrected chi connectivity index (χ2v) is 23.8. The highest BCUT2D eigenvalue weighted by atomic mass is 32.1. The Bertz CT molecular complexity index is 3770. The van der Waals surface area contributed by atoms with Gasteiger partial charge in [-0.15, -0.1) is 11.3 Å². The molecule has 0 bridgehead atoms. The first kappa shape index (κ1) is 40.0. The second-order valence-electron chi connectivity index (χ2n) is 22.7. The monoisotopic (exact) mass is 870 g/mol. The highest BCUT2D eigenvalue weighted by molar-refractivity contribution is 7.25. The first-order valence-electron chi connectivity index (χ1n) is 23.9. The third-order valence-corrected chi connectivity index (χ3v) is 17.0. The summed E-state index contributed by atoms with van der Waals surface area (Å²) in [4.78, 5) is 0. The number of benzene rings is 8. The molecule has 322 valence electrons. The van der Waals surface area contributed by atoms with E-state index in [0.717, 1.165) is 18.7 Å². The average molecular weight is 871 g/mol. The van der Waals surface area contributed by atoms with Gasteiger partial charge in [0.15, 0.2) is 7.28 Å². The Hall–Kier alpha value is -6.36. The number of hydrogen-bond donors (Lipinski definition) is 1. The molecular weight excluding hydrogens is 816 g/mol. The number of aromatic nitrogens is 1. The van der Waals surface area contributed by atoms with E-state index in [1.54, 1.807) is 0 Å². The predicted octanol–water partition coefficient (Wildman–Crippen LogP) is 15.5. The molecule has 0 saturated heterocycles. The molecule has 2 aromatic heterocycles. The minimum atomic E-state index is -0.0948. The van der Waals surface area contributed by atoms with E-state index in [4.69, 9.17) is 0 Å². The van der Waals surface area contributed by atoms with E-state index in [2.05, 4.69) is 219 Å². The summed E-state index contributed by atoms with van der Waals surface area (Å²) in [5.41, 5.74) is 25.3. The van der Waals surface area contributed by atoms with Crippen molar-refractivity contribution >= 4 is 82.9 Å². The Labute approximate surface area is 393 Å². The smallest absolute Gasteiger partial charge is 0.198 e. The Balaban J connectivity index is 1.10. The highest BCUT2D eigenvalue weighted by Crippen LogP contribution is 2.53. The van der Waals surface area contributed by atoms with Crippen molar-refractivity contribution in [3.8, 4) is 39.1 Å². The molecule has 2 nitrogen and oxygen atoms in total. The maximum absolute atomic E-state index is 4.00. The molecule has 1 aliphatic heterocycles. The molecule has 0 unspecified atom stereocenters. The van der Waals surface area contributed by atoms with Crippen molar-refractivity contribution in [2.45, 2.75) is 90.9 Å². The molecule has 8 aromatic carbocycles. The molecule has 3 aliphatic rings. The maximum atomic E-state index is 4.00. The van der Waals surface area contributed by atoms with Crippen LogP contribution < -0.4 is 16.2 Å². The molecule has 4 heteroatoms. The van der Waals surface area contributed by atoms with Crippen LogP contribution in [-0.4, -0.2) is 11.8 Å². The van der Waals surface area contributed by atoms with Crippen molar-refractivity contribution < 1.29 is 0 Å². The Morgan fingerprint density at radius 2 is 1.09 bits per heavy atom. The van der Waals surface area contributed by atoms with E-state index in [-0.39, 0.29) is 21.7 Å². The lowest BCUT2D eigenvalue weighted by Crippen LogP contribution is -2.38. The van der Waals surface area contributed by atoms with Crippen LogP contribution in [0.4, 0.5) is 11.4 Å². The average Bonchev–Trinajstić information content (AvgIpc) is 3.95. The minimum Gasteiger partial charge on any atom is -0.355 e. The lowest BCUT2D eigenvalue weighted by atomic mass is 9.58. The molecule has 2 aliphatic carbocycles. The van der Waals surface area contributed by atoms with Crippen LogP contribution in [0.5, 0.6) is 0 Å². The summed E-state index contributed by atoms with van der Waals surface area (Å²) in [5.74, 6) is 0. The first-order valence-corrected chi connectivity index (χ1v) is 24.7. The summed E-state index contributed by atoms with van der Waals surface area (Å²) < 4.78 is 5.31. The van der Waals surface area contributed by atoms with Gasteiger partial charge in [-0.2, -0.15) is 0 Å². The molecule has 0 saturated carbocycles. The minimum absolute atomic E-state index is 0.0751. The molecule has 1 N–H and O–H groups in total. The summed E-state index contributed by atoms with van der Waals surface area (Å²) in [6.07, 6.45) is 0. The predicted molar refractivity (Wildman–Crippen MR) is 288 cm³/mol. The summed E-state index contributed by atoms with van der Waals surface area (Å²) in [7, 11) is 0.850. The van der Waals surface area contributed by atoms with Gasteiger partial charge >= 0.3 is 0 Å². The van der Waals surface area contributed by atoms with Crippen LogP contribution in [-0.2, 0) is 21.7 Å². The zero-order valence-electron chi connectivity index (χ0n) is 39.8. The number of anilines is 2. The number of hydrogen-bond acceptors (Lipinski definition) is 2. The van der Waals surface area contributed by atoms with Gasteiger partial charge < -0.3 is 9.88 Å². The number of fused-ring (bicyclic) bond motifs is 14. The number of thiophene rings is 1. The fraction of sp³-hybridized carbons (Fsp3) is 0.226. The van der Waals surface area contributed by atoms with E-state index in [0.29, 0.717) is 0 Å². The van der Waals surface area contributed by atoms with Gasteiger partial charge in [0.2, 0.25) is 0 Å². The lowest BCUT2D eigenvalue weighted by molar-refractivity contribution is 0.590. The fourth-order valence-electron chi connectivity index (χ4n) is 12.2. The third-order valence-electron chi connectivity index (χ3n) is 15.9. The lowest BCUT2D eigenvalue weighted by Gasteiger charge is -2.27. The van der Waals surface area contributed by atoms with Crippen molar-refractivity contribution in [2.75, 3.05) is 5.32 Å². The van der Waals surface area contributed by atoms with Gasteiger partial charge in [-0.1, -0.05) is 166 Å². The van der Waals surface area contributed by atoms with Crippen molar-refractivity contribution in [1.29, 1.82) is 0 Å². The van der Waals surface area contributed by atoms with Crippen LogP contribution in [0.25, 0.3) is 81.0 Å². The molecule has 0 spiro atoms. The van der Waals surface area contributed by atoms with E-state index in [1.165, 1.54) is 125 Å². The number of rotatable bonds is 3. The quantitative estimate of drug-likeness (QED) is 0.175. The maximum Gasteiger partial charge on any atom is 0.198 e. The fourth-order valence-corrected chi connectivity index (χ4v) is 13.4. The van der Waals surface area contributed by atoms with Crippen molar-refractivity contribution in [2.24, 2.45) is 0 Å². The van der Waals surface area contributed by atoms with Gasteiger partial charge in [0.25, 0.3) is 0 Å². The molecule has 3 heterocycles. The van der Waals surface area contributed by atoms with E-state index in [1.807, 2.05) is 11.3 Å². The molecule has 0 radical (unpaired) electrons. The Morgan fingerprint density at radius 1 is 0.485 bits per heavy atom. The first-order chi connectivity index (χ1) is 31.5. The molecule has 0 atom stereocenters. The molecule has 13 rings (SSSR count). The number of nitrogens with zero attached hydrogens (tertiary/aromatic N) is 1. The van der Waals surface area contributed by atoms with Gasteiger partial charge in [0.1, 0.15) is 0 Å². The summed E-state index contributed by atoms with van der Waals surface area (Å²) >= 11 is 1.91. The van der Waals surface area contributed by atoms with Crippen LogP contribution in [0.15, 0.2) is 140 Å². The Morgan fingerprint density at radius 3 is 1.77 bits per heavy atom. The summed E-state index contributed by atoms with van der Waals surface area (Å²) in [6.45, 7) is 23.4. The summed E-state index contributed by atoms with van der Waals surface area (Å²) in [6, 6.07) is 54.4. The topological polar surface area (TPSA) is 17.0 Å². The Kier molecular flexibility index (Phi) is 7.97. The van der Waals surface area contributed by atoms with Crippen LogP contribution in [0, 0.1) is 0 Å². The third kappa shape index (κ3) is 5.48. The molecule has 0 amide bonds. The second kappa shape index (κ2) is 13.2. The van der Waals surface area contributed by atoms with Gasteiger partial charge in [-0.25, -0.2) is 0 Å². The zero-order chi connectivity index (χ0) is 45.4. The molecule has 66 heavy (non-hydrogen) atoms. The van der Waals surface area contributed by atoms with Gasteiger partial charge in [-0.05, 0) is 126 Å². The zero-order valence-corrected chi connectivity index (χ0v) is 40.7. The van der Waals surface area contributed by atoms with Crippen molar-refractivity contribution in [3.05, 3.63) is 173 Å². The molecule has 0 fully saturated rings. The van der Waals surface area contributed by atoms with Crippen LogP contribution in [0.1, 0.15) is 103 Å². The molecular formula is C62H55BN2S. The van der Waals surface area contributed by atoms with Crippen molar-refractivity contribution in [1.82, 2.24) is 4.57 Å². The summed E-state index contributed by atoms with van der Waals surface area (Å²) in [5, 5.41) is 9.31. The van der Waals surface area contributed by atoms with Crippen LogP contribution >= 0.6 is 11.3 Å². The highest BCUT2D eigenvalue weighted by Gasteiger charge is 2.40. The van der Waals surface area contributed by atoms with E-state index < -0.39 is 0 Å². The van der Waals surface area contributed by atoms with Gasteiger partial charge in [0, 0.05) is 69.9 Å². The van der Waals surface area contributed by atoms with Crippen LogP contribution in [0.3, 0.4) is 0 Å². The largest absolute Gasteiger partial charge is 0.355 e. The standard InChI is InChI=1S/C62H55BN2S/c1-59(2,3)34-19-22-36(23-20-34)64-52-33-56-46(39-24-21-35(60(4,5)6)27-55(39)66-56)28-44(52)40-25-26-41-45-29-49-42(37-15-11-13-17-47(37)61(49,7)8)30-53(45)65-54-31-43-38-16-12-14-18-48(38)62(9,10)50(43)32-51(54)63-57(40)58(41)65/h11-33,63-64H,1-10H3. The normalized spacial score (nSPS) is 15.2. The SMILES string of the molecule is CC(C)(C)c1ccc(Nc2cc3sc4cc(C(C)(C)C)ccc4c3cc2-c2ccc3c4cc5c(cc4n4c3c2Bc2cc3c(cc2-4)-c2ccccc2C3(C)C)-c2ccccc2C5(C)C)cc1. The van der Waals surface area contributed by atoms with E-state index in [9.17, 15) is 0 Å². The van der Waals surface area contributed by atoms with Crippen LogP contribution in [0.2, 0.25) is 0 Å².